The van der Waals surface area contributed by atoms with Crippen LogP contribution in [0.25, 0.3) is 0 Å². The van der Waals surface area contributed by atoms with Crippen LogP contribution in [0.2, 0.25) is 0 Å². The molecule has 12 nitrogen and oxygen atoms in total. The van der Waals surface area contributed by atoms with E-state index in [4.69, 9.17) is 4.74 Å². The minimum absolute atomic E-state index is 0.168. The van der Waals surface area contributed by atoms with Crippen LogP contribution in [0, 0.1) is 5.92 Å². The first-order chi connectivity index (χ1) is 18.3. The first kappa shape index (κ1) is 30.9. The Balaban J connectivity index is 1.82. The maximum absolute atomic E-state index is 13.6. The molecule has 0 radical (unpaired) electrons. The summed E-state index contributed by atoms with van der Waals surface area (Å²) in [5, 5.41) is 5.49. The quantitative estimate of drug-likeness (QED) is 0.353. The van der Waals surface area contributed by atoms with Crippen molar-refractivity contribution in [2.75, 3.05) is 13.1 Å². The first-order valence-corrected chi connectivity index (χ1v) is 15.4. The van der Waals surface area contributed by atoms with Crippen LogP contribution in [-0.2, 0) is 29.3 Å². The molecule has 0 aromatic rings. The molecule has 3 aliphatic rings. The number of amides is 4. The number of alkyl carbamates (subject to hydrolysis) is 1. The number of carbonyl (C=O) groups is 4. The van der Waals surface area contributed by atoms with E-state index in [1.807, 2.05) is 32.9 Å². The molecule has 1 saturated carbocycles. The number of hydrogen-bond donors (Lipinski definition) is 4. The van der Waals surface area contributed by atoms with Gasteiger partial charge in [0.2, 0.25) is 5.91 Å². The van der Waals surface area contributed by atoms with Crippen LogP contribution in [0.4, 0.5) is 4.79 Å². The van der Waals surface area contributed by atoms with Crippen molar-refractivity contribution in [2.45, 2.75) is 109 Å². The summed E-state index contributed by atoms with van der Waals surface area (Å²) in [6, 6.07) is -0.857. The summed E-state index contributed by atoms with van der Waals surface area (Å²) in [5.41, 5.74) is -1.97. The molecule has 4 N–H and O–H groups in total. The minimum atomic E-state index is -4.09. The molecular weight excluding hydrogens is 526 g/mol. The Hall–Kier alpha value is -2.67. The topological polar surface area (TPSA) is 163 Å². The van der Waals surface area contributed by atoms with E-state index in [1.165, 1.54) is 4.90 Å². The largest absolute Gasteiger partial charge is 0.436 e. The first-order valence-electron chi connectivity index (χ1n) is 13.9. The molecule has 2 aliphatic heterocycles. The molecule has 1 saturated heterocycles. The average Bonchev–Trinajstić information content (AvgIpc) is 3.29. The lowest BCUT2D eigenvalue weighted by Crippen LogP contribution is -2.58. The third kappa shape index (κ3) is 8.41. The Bertz CT molecular complexity index is 1070. The molecule has 4 atom stereocenters. The van der Waals surface area contributed by atoms with E-state index in [2.05, 4.69) is 20.1 Å². The van der Waals surface area contributed by atoms with Gasteiger partial charge in [-0.15, -0.1) is 0 Å². The SMILES string of the molecule is CCCNS(=O)(=O)NC(=O)[C@@]12C[C@H]1C=CCCCCC[C@H](OC(=O)NC(C)(C)C)C(=O)N1CCC[C@H]1C(=O)N2. The Kier molecular flexibility index (Phi) is 10.0. The van der Waals surface area contributed by atoms with Gasteiger partial charge in [0.15, 0.2) is 6.10 Å². The maximum atomic E-state index is 13.6. The summed E-state index contributed by atoms with van der Waals surface area (Å²) in [7, 11) is -4.09. The molecule has 0 aromatic carbocycles. The Morgan fingerprint density at radius 2 is 1.90 bits per heavy atom. The van der Waals surface area contributed by atoms with E-state index in [9.17, 15) is 27.6 Å². The van der Waals surface area contributed by atoms with E-state index < -0.39 is 57.2 Å². The molecule has 0 bridgehead atoms. The van der Waals surface area contributed by atoms with Crippen molar-refractivity contribution in [3.05, 3.63) is 12.2 Å². The van der Waals surface area contributed by atoms with E-state index in [0.717, 1.165) is 19.3 Å². The molecular formula is C26H43N5O7S. The summed E-state index contributed by atoms with van der Waals surface area (Å²) in [4.78, 5) is 54.2. The standard InChI is InChI=1S/C26H43N5O7S/c1-5-15-27-39(36,37)30-23(34)26-17-18(26)12-9-7-6-8-10-14-20(38-24(35)29-25(2,3)4)22(33)31-16-11-13-19(31)21(32)28-26/h9,12,18-20,27H,5-8,10-11,13-17H2,1-4H3,(H,28,32)(H,29,35)(H,30,34)/t18-,19+,20+,26-/m1/s1. The third-order valence-corrected chi connectivity index (χ3v) is 8.12. The molecule has 2 fully saturated rings. The molecule has 39 heavy (non-hydrogen) atoms. The van der Waals surface area contributed by atoms with Gasteiger partial charge in [-0.2, -0.15) is 13.1 Å². The molecule has 220 valence electrons. The average molecular weight is 570 g/mol. The number of ether oxygens (including phenoxy) is 1. The van der Waals surface area contributed by atoms with Gasteiger partial charge in [-0.1, -0.05) is 25.5 Å². The van der Waals surface area contributed by atoms with Gasteiger partial charge in [0, 0.05) is 24.5 Å². The molecule has 0 aromatic heterocycles. The maximum Gasteiger partial charge on any atom is 0.408 e. The lowest BCUT2D eigenvalue weighted by molar-refractivity contribution is -0.146. The zero-order chi connectivity index (χ0) is 28.8. The monoisotopic (exact) mass is 569 g/mol. The number of rotatable bonds is 6. The van der Waals surface area contributed by atoms with E-state index >= 15 is 0 Å². The normalized spacial score (nSPS) is 28.3. The van der Waals surface area contributed by atoms with Crippen molar-refractivity contribution in [3.8, 4) is 0 Å². The van der Waals surface area contributed by atoms with Crippen molar-refractivity contribution >= 4 is 34.0 Å². The van der Waals surface area contributed by atoms with E-state index in [-0.39, 0.29) is 18.9 Å². The second-order valence-electron chi connectivity index (χ2n) is 11.6. The van der Waals surface area contributed by atoms with Gasteiger partial charge in [-0.05, 0) is 72.1 Å². The lowest BCUT2D eigenvalue weighted by Gasteiger charge is -2.30. The van der Waals surface area contributed by atoms with Crippen molar-refractivity contribution in [3.63, 3.8) is 0 Å². The predicted molar refractivity (Wildman–Crippen MR) is 144 cm³/mol. The molecule has 0 spiro atoms. The third-order valence-electron chi connectivity index (χ3n) is 7.08. The number of hydrogen-bond acceptors (Lipinski definition) is 7. The van der Waals surface area contributed by atoms with Gasteiger partial charge >= 0.3 is 16.3 Å². The van der Waals surface area contributed by atoms with Crippen LogP contribution in [0.1, 0.15) is 85.5 Å². The van der Waals surface area contributed by atoms with Crippen LogP contribution in [-0.4, -0.2) is 73.4 Å². The molecule has 4 amide bonds. The Morgan fingerprint density at radius 1 is 1.15 bits per heavy atom. The van der Waals surface area contributed by atoms with Crippen LogP contribution in [0.15, 0.2) is 12.2 Å². The fraction of sp³-hybridized carbons (Fsp3) is 0.769. The van der Waals surface area contributed by atoms with E-state index in [0.29, 0.717) is 38.6 Å². The summed E-state index contributed by atoms with van der Waals surface area (Å²) >= 11 is 0. The van der Waals surface area contributed by atoms with Crippen LogP contribution < -0.4 is 20.1 Å². The van der Waals surface area contributed by atoms with Crippen LogP contribution in [0.3, 0.4) is 0 Å². The Morgan fingerprint density at radius 3 is 2.59 bits per heavy atom. The second kappa shape index (κ2) is 12.7. The number of allylic oxidation sites excluding steroid dienone is 1. The van der Waals surface area contributed by atoms with Crippen LogP contribution in [0.5, 0.6) is 0 Å². The minimum Gasteiger partial charge on any atom is -0.436 e. The predicted octanol–water partition coefficient (Wildman–Crippen LogP) is 1.63. The number of nitrogens with zero attached hydrogens (tertiary/aromatic N) is 1. The number of nitrogens with one attached hydrogen (secondary N) is 4. The highest BCUT2D eigenvalue weighted by Gasteiger charge is 2.61. The van der Waals surface area contributed by atoms with Crippen molar-refractivity contribution in [1.29, 1.82) is 0 Å². The van der Waals surface area contributed by atoms with Gasteiger partial charge in [0.05, 0.1) is 0 Å². The van der Waals surface area contributed by atoms with Gasteiger partial charge in [0.1, 0.15) is 11.6 Å². The molecule has 1 aliphatic carbocycles. The highest BCUT2D eigenvalue weighted by atomic mass is 32.2. The molecule has 13 heteroatoms. The van der Waals surface area contributed by atoms with Crippen molar-refractivity contribution in [2.24, 2.45) is 5.92 Å². The fourth-order valence-electron chi connectivity index (χ4n) is 4.99. The van der Waals surface area contributed by atoms with Gasteiger partial charge < -0.3 is 20.3 Å². The smallest absolute Gasteiger partial charge is 0.408 e. The van der Waals surface area contributed by atoms with Crippen molar-refractivity contribution in [1.82, 2.24) is 25.0 Å². The lowest BCUT2D eigenvalue weighted by atomic mass is 10.1. The summed E-state index contributed by atoms with van der Waals surface area (Å²) in [6.45, 7) is 7.71. The molecule has 3 rings (SSSR count). The molecule has 0 unspecified atom stereocenters. The number of carbonyl (C=O) groups excluding carboxylic acids is 4. The summed E-state index contributed by atoms with van der Waals surface area (Å²) in [5.74, 6) is -2.15. The summed E-state index contributed by atoms with van der Waals surface area (Å²) < 4.78 is 34.6. The van der Waals surface area contributed by atoms with Gasteiger partial charge in [-0.25, -0.2) is 9.52 Å². The number of fused-ring (bicyclic) bond motifs is 2. The van der Waals surface area contributed by atoms with Gasteiger partial charge in [0.25, 0.3) is 11.8 Å². The zero-order valence-electron chi connectivity index (χ0n) is 23.4. The Labute approximate surface area is 231 Å². The highest BCUT2D eigenvalue weighted by Crippen LogP contribution is 2.45. The highest BCUT2D eigenvalue weighted by molar-refractivity contribution is 7.88. The van der Waals surface area contributed by atoms with Crippen LogP contribution >= 0.6 is 0 Å². The van der Waals surface area contributed by atoms with Gasteiger partial charge in [-0.3, -0.25) is 14.4 Å². The van der Waals surface area contributed by atoms with E-state index in [1.54, 1.807) is 6.92 Å². The molecule has 2 heterocycles. The second-order valence-corrected chi connectivity index (χ2v) is 13.1. The zero-order valence-corrected chi connectivity index (χ0v) is 24.2. The fourth-order valence-corrected chi connectivity index (χ4v) is 5.96. The summed E-state index contributed by atoms with van der Waals surface area (Å²) in [6.07, 6.45) is 7.16. The van der Waals surface area contributed by atoms with Crippen molar-refractivity contribution < 1.29 is 32.3 Å².